The number of hydrogen-bond donors (Lipinski definition) is 2. The van der Waals surface area contributed by atoms with Crippen LogP contribution in [-0.2, 0) is 11.2 Å². The number of anilines is 1. The lowest BCUT2D eigenvalue weighted by molar-refractivity contribution is -0.113. The largest absolute Gasteiger partial charge is 0.325 e. The second kappa shape index (κ2) is 8.19. The van der Waals surface area contributed by atoms with Gasteiger partial charge in [-0.25, -0.2) is 4.98 Å². The fraction of sp³-hybridized carbons (Fsp3) is 0.250. The van der Waals surface area contributed by atoms with Crippen LogP contribution in [-0.4, -0.2) is 26.8 Å². The first-order valence-corrected chi connectivity index (χ1v) is 9.56. The lowest BCUT2D eigenvalue weighted by Crippen LogP contribution is -2.15. The molecule has 0 aliphatic heterocycles. The monoisotopic (exact) mass is 366 g/mol. The van der Waals surface area contributed by atoms with E-state index in [1.165, 1.54) is 17.3 Å². The maximum absolute atomic E-state index is 12.2. The number of benzene rings is 2. The van der Waals surface area contributed by atoms with Crippen molar-refractivity contribution in [2.24, 2.45) is 0 Å². The van der Waals surface area contributed by atoms with Gasteiger partial charge in [0, 0.05) is 11.3 Å². The van der Waals surface area contributed by atoms with Crippen LogP contribution in [0.25, 0.3) is 11.4 Å². The number of aromatic nitrogens is 3. The van der Waals surface area contributed by atoms with Crippen molar-refractivity contribution < 1.29 is 4.79 Å². The summed E-state index contributed by atoms with van der Waals surface area (Å²) in [7, 11) is 0. The van der Waals surface area contributed by atoms with Crippen LogP contribution < -0.4 is 5.32 Å². The molecule has 0 bridgehead atoms. The highest BCUT2D eigenvalue weighted by Gasteiger charge is 2.10. The summed E-state index contributed by atoms with van der Waals surface area (Å²) in [6, 6.07) is 14.1. The number of nitrogens with one attached hydrogen (secondary N) is 2. The third-order valence-corrected chi connectivity index (χ3v) is 5.16. The van der Waals surface area contributed by atoms with Gasteiger partial charge in [0.25, 0.3) is 0 Å². The molecular formula is C20H22N4OS. The first-order valence-electron chi connectivity index (χ1n) is 8.57. The van der Waals surface area contributed by atoms with Crippen LogP contribution in [0.2, 0.25) is 0 Å². The zero-order valence-corrected chi connectivity index (χ0v) is 16.0. The van der Waals surface area contributed by atoms with E-state index >= 15 is 0 Å². The molecule has 0 radical (unpaired) electrons. The standard InChI is InChI=1S/C20H22N4OS/c1-4-15-8-10-16(11-9-15)19-22-20(24-23-19)26-12-18(25)21-17-7-5-6-13(2)14(17)3/h5-11H,4,12H2,1-3H3,(H,21,25)(H,22,23,24). The van der Waals surface area contributed by atoms with E-state index in [2.05, 4.69) is 39.6 Å². The van der Waals surface area contributed by atoms with Crippen molar-refractivity contribution in [3.05, 3.63) is 59.2 Å². The molecule has 0 unspecified atom stereocenters. The van der Waals surface area contributed by atoms with Gasteiger partial charge in [0.2, 0.25) is 11.1 Å². The van der Waals surface area contributed by atoms with Gasteiger partial charge in [0.1, 0.15) is 0 Å². The van der Waals surface area contributed by atoms with E-state index in [-0.39, 0.29) is 11.7 Å². The Labute approximate surface area is 157 Å². The lowest BCUT2D eigenvalue weighted by atomic mass is 10.1. The molecule has 26 heavy (non-hydrogen) atoms. The number of carbonyl (C=O) groups is 1. The van der Waals surface area contributed by atoms with Gasteiger partial charge in [-0.1, -0.05) is 55.1 Å². The van der Waals surface area contributed by atoms with Crippen LogP contribution in [0.3, 0.4) is 0 Å². The van der Waals surface area contributed by atoms with Crippen LogP contribution in [0.15, 0.2) is 47.6 Å². The van der Waals surface area contributed by atoms with Crippen LogP contribution in [0, 0.1) is 13.8 Å². The summed E-state index contributed by atoms with van der Waals surface area (Å²) in [5.74, 6) is 0.909. The normalized spacial score (nSPS) is 10.7. The summed E-state index contributed by atoms with van der Waals surface area (Å²) in [6.45, 7) is 6.16. The quantitative estimate of drug-likeness (QED) is 0.635. The molecule has 5 nitrogen and oxygen atoms in total. The van der Waals surface area contributed by atoms with E-state index < -0.39 is 0 Å². The van der Waals surface area contributed by atoms with Crippen molar-refractivity contribution in [2.45, 2.75) is 32.3 Å². The number of amides is 1. The highest BCUT2D eigenvalue weighted by atomic mass is 32.2. The number of aryl methyl sites for hydroxylation is 2. The number of nitrogens with zero attached hydrogens (tertiary/aromatic N) is 2. The molecule has 0 aliphatic carbocycles. The molecule has 6 heteroatoms. The molecule has 3 aromatic rings. The van der Waals surface area contributed by atoms with Crippen LogP contribution in [0.5, 0.6) is 0 Å². The molecule has 134 valence electrons. The predicted molar refractivity (Wildman–Crippen MR) is 106 cm³/mol. The number of hydrogen-bond acceptors (Lipinski definition) is 4. The number of rotatable bonds is 6. The Bertz CT molecular complexity index is 902. The van der Waals surface area contributed by atoms with Gasteiger partial charge < -0.3 is 5.32 Å². The van der Waals surface area contributed by atoms with Gasteiger partial charge in [-0.15, -0.1) is 5.10 Å². The fourth-order valence-corrected chi connectivity index (χ4v) is 3.14. The van der Waals surface area contributed by atoms with Crippen molar-refractivity contribution >= 4 is 23.4 Å². The zero-order chi connectivity index (χ0) is 18.5. The molecule has 1 aromatic heterocycles. The van der Waals surface area contributed by atoms with Gasteiger partial charge in [0.15, 0.2) is 5.82 Å². The summed E-state index contributed by atoms with van der Waals surface area (Å²) in [5, 5.41) is 10.6. The highest BCUT2D eigenvalue weighted by Crippen LogP contribution is 2.21. The molecule has 1 amide bonds. The maximum atomic E-state index is 12.2. The van der Waals surface area contributed by atoms with Crippen LogP contribution >= 0.6 is 11.8 Å². The van der Waals surface area contributed by atoms with Crippen molar-refractivity contribution in [1.82, 2.24) is 15.2 Å². The van der Waals surface area contributed by atoms with Crippen LogP contribution in [0.4, 0.5) is 5.69 Å². The second-order valence-corrected chi connectivity index (χ2v) is 7.04. The van der Waals surface area contributed by atoms with Gasteiger partial charge in [0.05, 0.1) is 5.75 Å². The van der Waals surface area contributed by atoms with Gasteiger partial charge >= 0.3 is 0 Å². The predicted octanol–water partition coefficient (Wildman–Crippen LogP) is 4.38. The first kappa shape index (κ1) is 18.2. The van der Waals surface area contributed by atoms with E-state index in [0.29, 0.717) is 11.0 Å². The molecular weight excluding hydrogens is 344 g/mol. The van der Waals surface area contributed by atoms with E-state index in [0.717, 1.165) is 28.8 Å². The van der Waals surface area contributed by atoms with Crippen LogP contribution in [0.1, 0.15) is 23.6 Å². The number of carbonyl (C=O) groups excluding carboxylic acids is 1. The Morgan fingerprint density at radius 3 is 2.65 bits per heavy atom. The number of H-pyrrole nitrogens is 1. The van der Waals surface area contributed by atoms with Crippen molar-refractivity contribution in [3.8, 4) is 11.4 Å². The molecule has 0 saturated carbocycles. The van der Waals surface area contributed by atoms with Crippen molar-refractivity contribution in [2.75, 3.05) is 11.1 Å². The summed E-state index contributed by atoms with van der Waals surface area (Å²) >= 11 is 1.32. The average molecular weight is 366 g/mol. The Morgan fingerprint density at radius 1 is 1.15 bits per heavy atom. The third-order valence-electron chi connectivity index (χ3n) is 4.31. The summed E-state index contributed by atoms with van der Waals surface area (Å²) in [5.41, 5.74) is 5.36. The Hall–Kier alpha value is -2.60. The molecule has 0 atom stereocenters. The fourth-order valence-electron chi connectivity index (χ4n) is 2.54. The topological polar surface area (TPSA) is 70.7 Å². The van der Waals surface area contributed by atoms with E-state index in [1.54, 1.807) is 0 Å². The minimum Gasteiger partial charge on any atom is -0.325 e. The summed E-state index contributed by atoms with van der Waals surface area (Å²) < 4.78 is 0. The van der Waals surface area contributed by atoms with E-state index in [9.17, 15) is 4.79 Å². The number of thioether (sulfide) groups is 1. The van der Waals surface area contributed by atoms with Crippen molar-refractivity contribution in [1.29, 1.82) is 0 Å². The lowest BCUT2D eigenvalue weighted by Gasteiger charge is -2.09. The SMILES string of the molecule is CCc1ccc(-c2nc(SCC(=O)Nc3cccc(C)c3C)n[nH]2)cc1. The minimum absolute atomic E-state index is 0.0673. The molecule has 3 rings (SSSR count). The molecule has 0 saturated heterocycles. The third kappa shape index (κ3) is 4.32. The molecule has 2 N–H and O–H groups in total. The molecule has 1 heterocycles. The minimum atomic E-state index is -0.0673. The molecule has 2 aromatic carbocycles. The second-order valence-electron chi connectivity index (χ2n) is 6.10. The molecule has 0 spiro atoms. The Morgan fingerprint density at radius 2 is 1.92 bits per heavy atom. The smallest absolute Gasteiger partial charge is 0.234 e. The van der Waals surface area contributed by atoms with Gasteiger partial charge in [-0.05, 0) is 43.0 Å². The van der Waals surface area contributed by atoms with Gasteiger partial charge in [-0.3, -0.25) is 9.89 Å². The summed E-state index contributed by atoms with van der Waals surface area (Å²) in [6.07, 6.45) is 1.01. The zero-order valence-electron chi connectivity index (χ0n) is 15.2. The maximum Gasteiger partial charge on any atom is 0.234 e. The van der Waals surface area contributed by atoms with E-state index in [1.807, 2.05) is 44.2 Å². The molecule has 0 fully saturated rings. The summed E-state index contributed by atoms with van der Waals surface area (Å²) in [4.78, 5) is 16.7. The van der Waals surface area contributed by atoms with Crippen molar-refractivity contribution in [3.63, 3.8) is 0 Å². The Kier molecular flexibility index (Phi) is 5.73. The Balaban J connectivity index is 1.59. The molecule has 0 aliphatic rings. The van der Waals surface area contributed by atoms with E-state index in [4.69, 9.17) is 0 Å². The van der Waals surface area contributed by atoms with Gasteiger partial charge in [-0.2, -0.15) is 0 Å². The first-order chi connectivity index (χ1) is 12.6. The highest BCUT2D eigenvalue weighted by molar-refractivity contribution is 7.99. The number of aromatic amines is 1. The average Bonchev–Trinajstić information content (AvgIpc) is 3.13.